The zero-order valence-electron chi connectivity index (χ0n) is 25.3. The van der Waals surface area contributed by atoms with Crippen LogP contribution in [0.4, 0.5) is 0 Å². The number of likely N-dealkylation sites (tertiary alicyclic amines) is 2. The van der Waals surface area contributed by atoms with Gasteiger partial charge < -0.3 is 19.1 Å². The predicted molar refractivity (Wildman–Crippen MR) is 163 cm³/mol. The van der Waals surface area contributed by atoms with E-state index in [9.17, 15) is 9.59 Å². The molecule has 1 aliphatic carbocycles. The molecule has 0 N–H and O–H groups in total. The van der Waals surface area contributed by atoms with Gasteiger partial charge in [-0.3, -0.25) is 9.59 Å². The van der Waals surface area contributed by atoms with Gasteiger partial charge in [-0.05, 0) is 73.2 Å². The number of amides is 2. The Morgan fingerprint density at radius 2 is 1.73 bits per heavy atom. The van der Waals surface area contributed by atoms with Crippen molar-refractivity contribution in [3.8, 4) is 34.2 Å². The fraction of sp³-hybridized carbons (Fsp3) is 0.412. The Hall–Kier alpha value is -4.60. The fourth-order valence-electron chi connectivity index (χ4n) is 6.03. The van der Waals surface area contributed by atoms with Crippen molar-refractivity contribution in [3.05, 3.63) is 71.7 Å². The monoisotopic (exact) mass is 592 g/mol. The van der Waals surface area contributed by atoms with Crippen LogP contribution < -0.4 is 4.74 Å². The van der Waals surface area contributed by atoms with Gasteiger partial charge in [-0.1, -0.05) is 32.0 Å². The molecule has 2 aromatic carbocycles. The predicted octanol–water partition coefficient (Wildman–Crippen LogP) is 5.96. The Labute approximate surface area is 256 Å². The third-order valence-corrected chi connectivity index (χ3v) is 8.69. The molecule has 2 unspecified atom stereocenters. The van der Waals surface area contributed by atoms with Gasteiger partial charge in [0.1, 0.15) is 11.5 Å². The van der Waals surface area contributed by atoms with Gasteiger partial charge in [0.2, 0.25) is 11.8 Å². The minimum atomic E-state index is -0.0662. The van der Waals surface area contributed by atoms with Gasteiger partial charge in [0.25, 0.3) is 5.89 Å². The second kappa shape index (κ2) is 11.5. The largest absolute Gasteiger partial charge is 0.457 e. The lowest BCUT2D eigenvalue weighted by Gasteiger charge is -2.19. The van der Waals surface area contributed by atoms with Crippen molar-refractivity contribution in [2.75, 3.05) is 13.1 Å². The normalized spacial score (nSPS) is 20.3. The van der Waals surface area contributed by atoms with Gasteiger partial charge in [-0.15, -0.1) is 0 Å². The van der Waals surface area contributed by atoms with Gasteiger partial charge in [0.05, 0.1) is 11.4 Å². The van der Waals surface area contributed by atoms with E-state index in [0.29, 0.717) is 72.6 Å². The van der Waals surface area contributed by atoms with Gasteiger partial charge in [0.15, 0.2) is 5.82 Å². The minimum absolute atomic E-state index is 0.0662. The van der Waals surface area contributed by atoms with Crippen LogP contribution in [0.1, 0.15) is 75.4 Å². The smallest absolute Gasteiger partial charge is 0.258 e. The molecule has 3 aliphatic rings. The first-order valence-corrected chi connectivity index (χ1v) is 15.5. The molecular weight excluding hydrogens is 556 g/mol. The van der Waals surface area contributed by atoms with E-state index in [1.54, 1.807) is 0 Å². The summed E-state index contributed by atoms with van der Waals surface area (Å²) in [6, 6.07) is 17.9. The number of carbonyl (C=O) groups excluding carboxylic acids is 2. The van der Waals surface area contributed by atoms with Crippen LogP contribution in [0, 0.1) is 5.92 Å². The molecule has 2 saturated heterocycles. The fourth-order valence-corrected chi connectivity index (χ4v) is 6.03. The SMILES string of the molecule is CC1CC(=O)N(Cc2ccc(-c3nc(C4CC(=O)N(C5CC5)C4)no3)cc2Oc2ccc(-c3ccc(C(C)C)nn3)cc2)C1. The van der Waals surface area contributed by atoms with Gasteiger partial charge in [-0.2, -0.15) is 15.2 Å². The number of hydrogen-bond donors (Lipinski definition) is 0. The van der Waals surface area contributed by atoms with Gasteiger partial charge in [-0.25, -0.2) is 0 Å². The lowest BCUT2D eigenvalue weighted by Crippen LogP contribution is -2.27. The van der Waals surface area contributed by atoms with Crippen molar-refractivity contribution in [1.29, 1.82) is 0 Å². The summed E-state index contributed by atoms with van der Waals surface area (Å²) in [5.41, 5.74) is 4.29. The lowest BCUT2D eigenvalue weighted by molar-refractivity contribution is -0.129. The van der Waals surface area contributed by atoms with Crippen molar-refractivity contribution in [2.24, 2.45) is 5.92 Å². The Morgan fingerprint density at radius 1 is 0.932 bits per heavy atom. The Kier molecular flexibility index (Phi) is 7.35. The van der Waals surface area contributed by atoms with E-state index in [-0.39, 0.29) is 17.7 Å². The molecule has 0 spiro atoms. The van der Waals surface area contributed by atoms with E-state index in [1.807, 2.05) is 64.4 Å². The first-order chi connectivity index (χ1) is 21.3. The summed E-state index contributed by atoms with van der Waals surface area (Å²) in [5, 5.41) is 13.0. The summed E-state index contributed by atoms with van der Waals surface area (Å²) >= 11 is 0. The maximum atomic E-state index is 12.6. The summed E-state index contributed by atoms with van der Waals surface area (Å²) in [5.74, 6) is 3.08. The van der Waals surface area contributed by atoms with E-state index >= 15 is 0 Å². The molecule has 10 heteroatoms. The number of benzene rings is 2. The van der Waals surface area contributed by atoms with Crippen LogP contribution in [0.5, 0.6) is 11.5 Å². The second-order valence-corrected chi connectivity index (χ2v) is 12.7. The number of nitrogens with zero attached hydrogens (tertiary/aromatic N) is 6. The first kappa shape index (κ1) is 28.2. The summed E-state index contributed by atoms with van der Waals surface area (Å²) in [6.07, 6.45) is 3.13. The zero-order valence-corrected chi connectivity index (χ0v) is 25.3. The van der Waals surface area contributed by atoms with E-state index in [4.69, 9.17) is 9.26 Å². The number of carbonyl (C=O) groups is 2. The Bertz CT molecular complexity index is 1680. The van der Waals surface area contributed by atoms with E-state index in [1.165, 1.54) is 0 Å². The molecule has 2 aliphatic heterocycles. The molecule has 4 heterocycles. The first-order valence-electron chi connectivity index (χ1n) is 15.5. The molecular formula is C34H36N6O4. The molecule has 0 bridgehead atoms. The van der Waals surface area contributed by atoms with E-state index < -0.39 is 0 Å². The average Bonchev–Trinajstić information content (AvgIpc) is 3.45. The highest BCUT2D eigenvalue weighted by molar-refractivity contribution is 5.80. The van der Waals surface area contributed by atoms with Gasteiger partial charge >= 0.3 is 0 Å². The van der Waals surface area contributed by atoms with Crippen LogP contribution >= 0.6 is 0 Å². The van der Waals surface area contributed by atoms with E-state index in [2.05, 4.69) is 41.1 Å². The zero-order chi connectivity index (χ0) is 30.4. The molecule has 0 radical (unpaired) electrons. The molecule has 10 nitrogen and oxygen atoms in total. The van der Waals surface area contributed by atoms with Crippen molar-refractivity contribution < 1.29 is 18.8 Å². The second-order valence-electron chi connectivity index (χ2n) is 12.7. The highest BCUT2D eigenvalue weighted by Crippen LogP contribution is 2.37. The number of rotatable bonds is 9. The third kappa shape index (κ3) is 5.80. The Balaban J connectivity index is 1.14. The van der Waals surface area contributed by atoms with Gasteiger partial charge in [0, 0.05) is 61.1 Å². The standard InChI is InChI=1S/C34H36N6O4/c1-20(2)28-12-13-29(37-36-28)22-6-10-27(11-7-22)43-30-15-23(4-5-24(30)18-39-17-21(3)14-31(39)41)34-35-33(38-44-34)25-16-32(42)40(19-25)26-8-9-26/h4-7,10-13,15,20-21,25-26H,8-9,14,16-19H2,1-3H3. The minimum Gasteiger partial charge on any atom is -0.457 e. The van der Waals surface area contributed by atoms with Crippen LogP contribution in [0.15, 0.2) is 59.1 Å². The van der Waals surface area contributed by atoms with Crippen molar-refractivity contribution >= 4 is 11.8 Å². The lowest BCUT2D eigenvalue weighted by atomic mass is 10.1. The van der Waals surface area contributed by atoms with Crippen LogP contribution in [-0.2, 0) is 16.1 Å². The van der Waals surface area contributed by atoms with Crippen molar-refractivity contribution in [1.82, 2.24) is 30.1 Å². The van der Waals surface area contributed by atoms with Crippen molar-refractivity contribution in [3.63, 3.8) is 0 Å². The topological polar surface area (TPSA) is 115 Å². The third-order valence-electron chi connectivity index (χ3n) is 8.69. The number of aromatic nitrogens is 4. The molecule has 4 aromatic rings. The van der Waals surface area contributed by atoms with Crippen LogP contribution in [0.2, 0.25) is 0 Å². The van der Waals surface area contributed by atoms with Crippen molar-refractivity contribution in [2.45, 2.75) is 70.9 Å². The number of hydrogen-bond acceptors (Lipinski definition) is 8. The number of ether oxygens (including phenoxy) is 1. The summed E-state index contributed by atoms with van der Waals surface area (Å²) in [7, 11) is 0. The molecule has 2 atom stereocenters. The Morgan fingerprint density at radius 3 is 2.41 bits per heavy atom. The highest BCUT2D eigenvalue weighted by Gasteiger charge is 2.41. The molecule has 3 fully saturated rings. The van der Waals surface area contributed by atoms with Crippen LogP contribution in [-0.4, -0.2) is 61.1 Å². The molecule has 44 heavy (non-hydrogen) atoms. The summed E-state index contributed by atoms with van der Waals surface area (Å²) < 4.78 is 12.1. The average molecular weight is 593 g/mol. The van der Waals surface area contributed by atoms with E-state index in [0.717, 1.165) is 41.9 Å². The van der Waals surface area contributed by atoms with Crippen LogP contribution in [0.3, 0.4) is 0 Å². The van der Waals surface area contributed by atoms with Crippen LogP contribution in [0.25, 0.3) is 22.7 Å². The quantitative estimate of drug-likeness (QED) is 0.234. The maximum absolute atomic E-state index is 12.6. The molecule has 2 aromatic heterocycles. The molecule has 7 rings (SSSR count). The summed E-state index contributed by atoms with van der Waals surface area (Å²) in [6.45, 7) is 8.09. The molecule has 2 amide bonds. The molecule has 226 valence electrons. The summed E-state index contributed by atoms with van der Waals surface area (Å²) in [4.78, 5) is 33.6. The maximum Gasteiger partial charge on any atom is 0.258 e. The highest BCUT2D eigenvalue weighted by atomic mass is 16.5. The molecule has 1 saturated carbocycles.